The number of rotatable bonds is 5. The predicted octanol–water partition coefficient (Wildman–Crippen LogP) is 2.42. The van der Waals surface area contributed by atoms with Gasteiger partial charge in [0.05, 0.1) is 11.6 Å². The van der Waals surface area contributed by atoms with Crippen molar-refractivity contribution in [1.29, 1.82) is 5.26 Å². The minimum atomic E-state index is -0.341. The smallest absolute Gasteiger partial charge is 0.274 e. The van der Waals surface area contributed by atoms with Gasteiger partial charge in [-0.3, -0.25) is 4.79 Å². The van der Waals surface area contributed by atoms with Gasteiger partial charge >= 0.3 is 0 Å². The van der Waals surface area contributed by atoms with Crippen molar-refractivity contribution in [3.05, 3.63) is 47.8 Å². The molecule has 6 heteroatoms. The van der Waals surface area contributed by atoms with Crippen LogP contribution in [0.1, 0.15) is 29.4 Å². The molecule has 0 saturated heterocycles. The van der Waals surface area contributed by atoms with Gasteiger partial charge in [-0.2, -0.15) is 5.26 Å². The Morgan fingerprint density at radius 3 is 3.00 bits per heavy atom. The van der Waals surface area contributed by atoms with Gasteiger partial charge in [-0.1, -0.05) is 13.0 Å². The van der Waals surface area contributed by atoms with Gasteiger partial charge in [0.15, 0.2) is 0 Å². The lowest BCUT2D eigenvalue weighted by atomic mass is 10.2. The molecule has 2 aromatic rings. The zero-order valence-electron chi connectivity index (χ0n) is 11.6. The summed E-state index contributed by atoms with van der Waals surface area (Å²) in [7, 11) is 0. The number of amides is 1. The molecule has 106 valence electrons. The molecule has 2 rings (SSSR count). The van der Waals surface area contributed by atoms with Gasteiger partial charge in [-0.05, 0) is 30.7 Å². The van der Waals surface area contributed by atoms with Crippen LogP contribution in [-0.2, 0) is 0 Å². The van der Waals surface area contributed by atoms with Crippen LogP contribution in [0.5, 0.6) is 0 Å². The Hall–Kier alpha value is -2.94. The molecule has 0 aliphatic rings. The molecule has 1 heterocycles. The van der Waals surface area contributed by atoms with Crippen molar-refractivity contribution in [2.24, 2.45) is 0 Å². The van der Waals surface area contributed by atoms with Crippen molar-refractivity contribution in [2.45, 2.75) is 13.3 Å². The van der Waals surface area contributed by atoms with Gasteiger partial charge in [0.1, 0.15) is 5.69 Å². The third kappa shape index (κ3) is 4.01. The summed E-state index contributed by atoms with van der Waals surface area (Å²) >= 11 is 0. The van der Waals surface area contributed by atoms with Crippen LogP contribution in [0.2, 0.25) is 0 Å². The monoisotopic (exact) mass is 281 g/mol. The van der Waals surface area contributed by atoms with Crippen molar-refractivity contribution in [3.8, 4) is 6.07 Å². The second-order valence-corrected chi connectivity index (χ2v) is 4.34. The first-order chi connectivity index (χ1) is 10.2. The Bertz CT molecular complexity index is 678. The fourth-order valence-electron chi connectivity index (χ4n) is 1.67. The minimum Gasteiger partial charge on any atom is -0.354 e. The van der Waals surface area contributed by atoms with E-state index in [0.29, 0.717) is 17.2 Å². The molecule has 0 bridgehead atoms. The fourth-order valence-corrected chi connectivity index (χ4v) is 1.67. The minimum absolute atomic E-state index is 0.269. The van der Waals surface area contributed by atoms with Crippen LogP contribution >= 0.6 is 0 Å². The average molecular weight is 281 g/mol. The first-order valence-corrected chi connectivity index (χ1v) is 6.61. The summed E-state index contributed by atoms with van der Waals surface area (Å²) < 4.78 is 0. The zero-order valence-corrected chi connectivity index (χ0v) is 11.6. The van der Waals surface area contributed by atoms with E-state index in [9.17, 15) is 4.79 Å². The molecular weight excluding hydrogens is 266 g/mol. The summed E-state index contributed by atoms with van der Waals surface area (Å²) in [6.45, 7) is 2.78. The quantitative estimate of drug-likeness (QED) is 0.878. The molecule has 1 aromatic heterocycles. The molecule has 0 aliphatic heterocycles. The number of anilines is 2. The van der Waals surface area contributed by atoms with Crippen molar-refractivity contribution < 1.29 is 4.79 Å². The molecule has 0 aliphatic carbocycles. The number of benzene rings is 1. The van der Waals surface area contributed by atoms with Crippen molar-refractivity contribution in [1.82, 2.24) is 9.97 Å². The maximum Gasteiger partial charge on any atom is 0.274 e. The van der Waals surface area contributed by atoms with Crippen LogP contribution in [0.4, 0.5) is 11.6 Å². The van der Waals surface area contributed by atoms with Gasteiger partial charge < -0.3 is 10.6 Å². The summed E-state index contributed by atoms with van der Waals surface area (Å²) in [6.07, 6.45) is 2.48. The van der Waals surface area contributed by atoms with Gasteiger partial charge in [-0.25, -0.2) is 9.97 Å². The average Bonchev–Trinajstić information content (AvgIpc) is 2.53. The third-order valence-corrected chi connectivity index (χ3v) is 2.67. The Labute approximate surface area is 122 Å². The van der Waals surface area contributed by atoms with Crippen LogP contribution < -0.4 is 10.6 Å². The van der Waals surface area contributed by atoms with Crippen LogP contribution in [0.15, 0.2) is 36.5 Å². The van der Waals surface area contributed by atoms with Crippen LogP contribution in [0, 0.1) is 11.3 Å². The molecule has 0 spiro atoms. The number of carbonyl (C=O) groups is 1. The Morgan fingerprint density at radius 1 is 1.38 bits per heavy atom. The number of nitrogens with one attached hydrogen (secondary N) is 2. The SMILES string of the molecule is CCCNc1nccc(C(=O)Nc2cccc(C#N)c2)n1. The first-order valence-electron chi connectivity index (χ1n) is 6.61. The van der Waals surface area contributed by atoms with Crippen LogP contribution in [-0.4, -0.2) is 22.4 Å². The number of hydrogen-bond acceptors (Lipinski definition) is 5. The molecule has 0 unspecified atom stereocenters. The first kappa shape index (κ1) is 14.5. The summed E-state index contributed by atoms with van der Waals surface area (Å²) in [5.74, 6) is 0.0855. The third-order valence-electron chi connectivity index (χ3n) is 2.67. The second-order valence-electron chi connectivity index (χ2n) is 4.34. The lowest BCUT2D eigenvalue weighted by Gasteiger charge is -2.07. The fraction of sp³-hybridized carbons (Fsp3) is 0.200. The Morgan fingerprint density at radius 2 is 2.24 bits per heavy atom. The van der Waals surface area contributed by atoms with Crippen molar-refractivity contribution in [2.75, 3.05) is 17.2 Å². The number of carbonyl (C=O) groups excluding carboxylic acids is 1. The number of nitriles is 1. The summed E-state index contributed by atoms with van der Waals surface area (Å²) in [6, 6.07) is 10.3. The number of aromatic nitrogens is 2. The topological polar surface area (TPSA) is 90.7 Å². The van der Waals surface area contributed by atoms with E-state index in [1.807, 2.05) is 13.0 Å². The summed E-state index contributed by atoms with van der Waals surface area (Å²) in [4.78, 5) is 20.3. The largest absolute Gasteiger partial charge is 0.354 e. The van der Waals surface area contributed by atoms with Gasteiger partial charge in [0.25, 0.3) is 5.91 Å². The number of hydrogen-bond donors (Lipinski definition) is 2. The highest BCUT2D eigenvalue weighted by atomic mass is 16.1. The highest BCUT2D eigenvalue weighted by molar-refractivity contribution is 6.03. The van der Waals surface area contributed by atoms with Crippen molar-refractivity contribution >= 4 is 17.5 Å². The summed E-state index contributed by atoms with van der Waals surface area (Å²) in [5.41, 5.74) is 1.31. The second kappa shape index (κ2) is 7.01. The highest BCUT2D eigenvalue weighted by Gasteiger charge is 2.09. The van der Waals surface area contributed by atoms with E-state index in [2.05, 4.69) is 20.6 Å². The van der Waals surface area contributed by atoms with Gasteiger partial charge in [0.2, 0.25) is 5.95 Å². The molecule has 21 heavy (non-hydrogen) atoms. The molecule has 1 aromatic carbocycles. The van der Waals surface area contributed by atoms with Crippen LogP contribution in [0.25, 0.3) is 0 Å². The van der Waals surface area contributed by atoms with Gasteiger partial charge in [0, 0.05) is 18.4 Å². The van der Waals surface area contributed by atoms with E-state index in [1.165, 1.54) is 6.20 Å². The van der Waals surface area contributed by atoms with Gasteiger partial charge in [-0.15, -0.1) is 0 Å². The van der Waals surface area contributed by atoms with E-state index < -0.39 is 0 Å². The molecule has 0 atom stereocenters. The molecule has 0 radical (unpaired) electrons. The molecule has 0 saturated carbocycles. The van der Waals surface area contributed by atoms with Crippen molar-refractivity contribution in [3.63, 3.8) is 0 Å². The van der Waals surface area contributed by atoms with Crippen LogP contribution in [0.3, 0.4) is 0 Å². The Kier molecular flexibility index (Phi) is 4.83. The normalized spacial score (nSPS) is 9.71. The standard InChI is InChI=1S/C15H15N5O/c1-2-7-17-15-18-8-6-13(20-15)14(21)19-12-5-3-4-11(9-12)10-16/h3-6,8-9H,2,7H2,1H3,(H,19,21)(H,17,18,20). The molecular formula is C15H15N5O. The maximum absolute atomic E-state index is 12.1. The molecule has 1 amide bonds. The zero-order chi connectivity index (χ0) is 15.1. The summed E-state index contributed by atoms with van der Waals surface area (Å²) in [5, 5.41) is 14.6. The lowest BCUT2D eigenvalue weighted by molar-refractivity contribution is 0.102. The van der Waals surface area contributed by atoms with E-state index >= 15 is 0 Å². The van der Waals surface area contributed by atoms with E-state index in [4.69, 9.17) is 5.26 Å². The molecule has 6 nitrogen and oxygen atoms in total. The molecule has 0 fully saturated rings. The maximum atomic E-state index is 12.1. The Balaban J connectivity index is 2.11. The predicted molar refractivity (Wildman–Crippen MR) is 79.9 cm³/mol. The van der Waals surface area contributed by atoms with E-state index in [1.54, 1.807) is 30.3 Å². The highest BCUT2D eigenvalue weighted by Crippen LogP contribution is 2.11. The van der Waals surface area contributed by atoms with E-state index in [-0.39, 0.29) is 11.6 Å². The molecule has 2 N–H and O–H groups in total. The van der Waals surface area contributed by atoms with E-state index in [0.717, 1.165) is 13.0 Å². The number of nitrogens with zero attached hydrogens (tertiary/aromatic N) is 3. The lowest BCUT2D eigenvalue weighted by Crippen LogP contribution is -2.15.